The van der Waals surface area contributed by atoms with Gasteiger partial charge >= 0.3 is 0 Å². The third kappa shape index (κ3) is 2.56. The number of halogens is 2. The summed E-state index contributed by atoms with van der Waals surface area (Å²) < 4.78 is 24.5. The molecule has 0 fully saturated rings. The molecule has 0 radical (unpaired) electrons. The Kier molecular flexibility index (Phi) is 3.13. The molecule has 1 aliphatic rings. The van der Waals surface area contributed by atoms with Gasteiger partial charge in [-0.15, -0.1) is 0 Å². The topological polar surface area (TPSA) is 43.4 Å². The molecule has 1 aliphatic heterocycles. The van der Waals surface area contributed by atoms with Crippen LogP contribution in [0.3, 0.4) is 0 Å². The highest BCUT2D eigenvalue weighted by molar-refractivity contribution is 6.30. The van der Waals surface area contributed by atoms with Gasteiger partial charge in [-0.3, -0.25) is 0 Å². The minimum Gasteiger partial charge on any atom is -0.486 e. The average Bonchev–Trinajstić information content (AvgIpc) is 2.42. The van der Waals surface area contributed by atoms with E-state index in [1.165, 1.54) is 12.3 Å². The van der Waals surface area contributed by atoms with E-state index in [2.05, 4.69) is 10.3 Å². The summed E-state index contributed by atoms with van der Waals surface area (Å²) in [6.07, 6.45) is 1.38. The van der Waals surface area contributed by atoms with Gasteiger partial charge in [-0.1, -0.05) is 11.6 Å². The first-order chi connectivity index (χ1) is 9.22. The molecule has 4 nitrogen and oxygen atoms in total. The van der Waals surface area contributed by atoms with Crippen molar-refractivity contribution in [3.63, 3.8) is 0 Å². The Morgan fingerprint density at radius 2 is 1.95 bits per heavy atom. The Balaban J connectivity index is 1.87. The highest BCUT2D eigenvalue weighted by Crippen LogP contribution is 2.33. The maximum Gasteiger partial charge on any atom is 0.167 e. The van der Waals surface area contributed by atoms with Crippen LogP contribution in [0.5, 0.6) is 11.5 Å². The van der Waals surface area contributed by atoms with Crippen LogP contribution in [0.1, 0.15) is 0 Å². The molecule has 6 heteroatoms. The third-order valence-corrected chi connectivity index (χ3v) is 2.82. The van der Waals surface area contributed by atoms with E-state index in [9.17, 15) is 4.39 Å². The molecule has 0 aliphatic carbocycles. The second-order valence-corrected chi connectivity index (χ2v) is 4.40. The van der Waals surface area contributed by atoms with Crippen LogP contribution in [0.4, 0.5) is 15.9 Å². The van der Waals surface area contributed by atoms with Gasteiger partial charge < -0.3 is 14.8 Å². The molecule has 2 aromatic rings. The van der Waals surface area contributed by atoms with Crippen molar-refractivity contribution in [3.05, 3.63) is 41.3 Å². The van der Waals surface area contributed by atoms with Gasteiger partial charge in [-0.2, -0.15) is 0 Å². The van der Waals surface area contributed by atoms with E-state index in [0.29, 0.717) is 30.4 Å². The molecular weight excluding hydrogens is 271 g/mol. The Hall–Kier alpha value is -2.01. The largest absolute Gasteiger partial charge is 0.486 e. The molecule has 0 unspecified atom stereocenters. The zero-order valence-electron chi connectivity index (χ0n) is 9.82. The zero-order chi connectivity index (χ0) is 13.2. The fourth-order valence-electron chi connectivity index (χ4n) is 1.76. The number of aromatic nitrogens is 1. The highest BCUT2D eigenvalue weighted by Gasteiger charge is 2.12. The van der Waals surface area contributed by atoms with E-state index < -0.39 is 5.82 Å². The molecule has 0 saturated carbocycles. The normalized spacial score (nSPS) is 13.2. The maximum atomic E-state index is 13.6. The number of hydrogen-bond acceptors (Lipinski definition) is 4. The molecule has 0 bridgehead atoms. The van der Waals surface area contributed by atoms with Crippen molar-refractivity contribution in [3.8, 4) is 11.5 Å². The number of nitrogens with zero attached hydrogens (tertiary/aromatic N) is 1. The van der Waals surface area contributed by atoms with Gasteiger partial charge in [-0.05, 0) is 18.2 Å². The minimum absolute atomic E-state index is 0.112. The van der Waals surface area contributed by atoms with Gasteiger partial charge in [0.05, 0.1) is 5.02 Å². The molecule has 1 aromatic heterocycles. The number of anilines is 2. The van der Waals surface area contributed by atoms with Crippen LogP contribution in [-0.4, -0.2) is 18.2 Å². The lowest BCUT2D eigenvalue weighted by molar-refractivity contribution is 0.171. The van der Waals surface area contributed by atoms with Gasteiger partial charge in [0.25, 0.3) is 0 Å². The zero-order valence-corrected chi connectivity index (χ0v) is 10.6. The van der Waals surface area contributed by atoms with Crippen molar-refractivity contribution in [1.29, 1.82) is 0 Å². The fourth-order valence-corrected chi connectivity index (χ4v) is 1.91. The molecule has 1 aromatic carbocycles. The average molecular weight is 281 g/mol. The van der Waals surface area contributed by atoms with Gasteiger partial charge in [0.1, 0.15) is 13.2 Å². The van der Waals surface area contributed by atoms with Crippen molar-refractivity contribution in [2.45, 2.75) is 0 Å². The van der Waals surface area contributed by atoms with E-state index >= 15 is 0 Å². The minimum atomic E-state index is -0.512. The molecule has 0 saturated heterocycles. The second kappa shape index (κ2) is 4.93. The number of ether oxygens (including phenoxy) is 2. The van der Waals surface area contributed by atoms with Gasteiger partial charge in [0.15, 0.2) is 23.1 Å². The van der Waals surface area contributed by atoms with E-state index in [1.54, 1.807) is 18.2 Å². The number of nitrogens with one attached hydrogen (secondary N) is 1. The predicted molar refractivity (Wildman–Crippen MR) is 69.9 cm³/mol. The van der Waals surface area contributed by atoms with Crippen LogP contribution in [-0.2, 0) is 0 Å². The quantitative estimate of drug-likeness (QED) is 0.916. The lowest BCUT2D eigenvalue weighted by Crippen LogP contribution is -2.15. The van der Waals surface area contributed by atoms with Gasteiger partial charge in [0, 0.05) is 18.0 Å². The molecule has 2 heterocycles. The van der Waals surface area contributed by atoms with Crippen LogP contribution in [0.2, 0.25) is 5.02 Å². The standard InChI is InChI=1S/C13H10ClFN2O2/c14-8-5-10(15)13(16-7-8)17-9-1-2-11-12(6-9)19-4-3-18-11/h1-2,5-7H,3-4H2,(H,16,17). The number of rotatable bonds is 2. The van der Waals surface area contributed by atoms with Crippen LogP contribution >= 0.6 is 11.6 Å². The Labute approximate surface area is 114 Å². The molecule has 3 rings (SSSR count). The Morgan fingerprint density at radius 1 is 1.16 bits per heavy atom. The summed E-state index contributed by atoms with van der Waals surface area (Å²) in [5.74, 6) is 0.912. The third-order valence-electron chi connectivity index (χ3n) is 2.61. The van der Waals surface area contributed by atoms with Crippen molar-refractivity contribution in [1.82, 2.24) is 4.98 Å². The maximum absolute atomic E-state index is 13.6. The molecule has 0 spiro atoms. The number of benzene rings is 1. The first kappa shape index (κ1) is 12.0. The van der Waals surface area contributed by atoms with Crippen molar-refractivity contribution >= 4 is 23.1 Å². The van der Waals surface area contributed by atoms with E-state index in [-0.39, 0.29) is 10.8 Å². The molecule has 0 amide bonds. The lowest BCUT2D eigenvalue weighted by atomic mass is 10.2. The molecular formula is C13H10ClFN2O2. The Bertz CT molecular complexity index is 622. The van der Waals surface area contributed by atoms with Crippen LogP contribution in [0.25, 0.3) is 0 Å². The van der Waals surface area contributed by atoms with Crippen molar-refractivity contribution in [2.75, 3.05) is 18.5 Å². The lowest BCUT2D eigenvalue weighted by Gasteiger charge is -2.19. The summed E-state index contributed by atoms with van der Waals surface area (Å²) in [5.41, 5.74) is 0.665. The van der Waals surface area contributed by atoms with Crippen molar-refractivity contribution in [2.24, 2.45) is 0 Å². The number of hydrogen-bond donors (Lipinski definition) is 1. The first-order valence-corrected chi connectivity index (χ1v) is 6.08. The first-order valence-electron chi connectivity index (χ1n) is 5.70. The predicted octanol–water partition coefficient (Wildman–Crippen LogP) is 3.39. The van der Waals surface area contributed by atoms with E-state index in [4.69, 9.17) is 21.1 Å². The summed E-state index contributed by atoms with van der Waals surface area (Å²) in [4.78, 5) is 3.90. The summed E-state index contributed by atoms with van der Waals surface area (Å²) in [5, 5.41) is 3.12. The molecule has 0 atom stereocenters. The summed E-state index contributed by atoms with van der Waals surface area (Å²) in [6, 6.07) is 6.48. The SMILES string of the molecule is Fc1cc(Cl)cnc1Nc1ccc2c(c1)OCCO2. The second-order valence-electron chi connectivity index (χ2n) is 3.97. The summed E-state index contributed by atoms with van der Waals surface area (Å²) in [7, 11) is 0. The summed E-state index contributed by atoms with van der Waals surface area (Å²) in [6.45, 7) is 1.04. The van der Waals surface area contributed by atoms with Gasteiger partial charge in [-0.25, -0.2) is 9.37 Å². The molecule has 1 N–H and O–H groups in total. The number of pyridine rings is 1. The van der Waals surface area contributed by atoms with E-state index in [0.717, 1.165) is 0 Å². The fraction of sp³-hybridized carbons (Fsp3) is 0.154. The van der Waals surface area contributed by atoms with Crippen LogP contribution in [0, 0.1) is 5.82 Å². The monoisotopic (exact) mass is 280 g/mol. The molecule has 98 valence electrons. The number of fused-ring (bicyclic) bond motifs is 1. The Morgan fingerprint density at radius 3 is 2.74 bits per heavy atom. The van der Waals surface area contributed by atoms with Crippen molar-refractivity contribution < 1.29 is 13.9 Å². The molecule has 19 heavy (non-hydrogen) atoms. The summed E-state index contributed by atoms with van der Waals surface area (Å²) >= 11 is 5.65. The van der Waals surface area contributed by atoms with E-state index in [1.807, 2.05) is 0 Å². The van der Waals surface area contributed by atoms with Crippen LogP contribution in [0.15, 0.2) is 30.5 Å². The highest BCUT2D eigenvalue weighted by atomic mass is 35.5. The smallest absolute Gasteiger partial charge is 0.167 e. The van der Waals surface area contributed by atoms with Gasteiger partial charge in [0.2, 0.25) is 0 Å². The van der Waals surface area contributed by atoms with Crippen LogP contribution < -0.4 is 14.8 Å².